The summed E-state index contributed by atoms with van der Waals surface area (Å²) in [7, 11) is 0. The highest BCUT2D eigenvalue weighted by atomic mass is 35.5. The average molecular weight is 498 g/mol. The summed E-state index contributed by atoms with van der Waals surface area (Å²) in [6, 6.07) is 19.3. The van der Waals surface area contributed by atoms with Gasteiger partial charge in [-0.15, -0.1) is 0 Å². The molecule has 0 saturated carbocycles. The quantitative estimate of drug-likeness (QED) is 0.318. The topological polar surface area (TPSA) is 102 Å². The van der Waals surface area contributed by atoms with Crippen LogP contribution in [-0.2, 0) is 0 Å². The van der Waals surface area contributed by atoms with E-state index in [9.17, 15) is 9.59 Å². The van der Waals surface area contributed by atoms with Crippen LogP contribution in [0.15, 0.2) is 108 Å². The summed E-state index contributed by atoms with van der Waals surface area (Å²) in [5.41, 5.74) is 3.98. The van der Waals surface area contributed by atoms with E-state index >= 15 is 0 Å². The fraction of sp³-hybridized carbons (Fsp3) is 0.0370. The molecule has 0 aliphatic rings. The predicted molar refractivity (Wildman–Crippen MR) is 135 cm³/mol. The van der Waals surface area contributed by atoms with E-state index in [1.165, 1.54) is 12.5 Å². The summed E-state index contributed by atoms with van der Waals surface area (Å²) in [4.78, 5) is 29.4. The first-order valence-electron chi connectivity index (χ1n) is 11.0. The maximum atomic E-state index is 13.1. The Morgan fingerprint density at radius 3 is 2.28 bits per heavy atom. The smallest absolute Gasteiger partial charge is 0.259 e. The van der Waals surface area contributed by atoms with E-state index in [4.69, 9.17) is 16.0 Å². The van der Waals surface area contributed by atoms with Crippen molar-refractivity contribution < 1.29 is 14.0 Å². The van der Waals surface area contributed by atoms with Gasteiger partial charge in [-0.1, -0.05) is 23.7 Å². The average Bonchev–Trinajstić information content (AvgIpc) is 3.61. The van der Waals surface area contributed by atoms with E-state index < -0.39 is 0 Å². The molecule has 2 aromatic carbocycles. The third kappa shape index (κ3) is 5.18. The highest BCUT2D eigenvalue weighted by Gasteiger charge is 2.18. The zero-order valence-electron chi connectivity index (χ0n) is 18.8. The number of rotatable bonds is 7. The van der Waals surface area contributed by atoms with E-state index in [0.717, 1.165) is 16.8 Å². The first-order chi connectivity index (χ1) is 17.6. The van der Waals surface area contributed by atoms with Crippen LogP contribution in [0.4, 0.5) is 5.69 Å². The van der Waals surface area contributed by atoms with Crippen LogP contribution in [0.25, 0.3) is 5.69 Å². The van der Waals surface area contributed by atoms with Crippen molar-refractivity contribution in [3.05, 3.63) is 131 Å². The summed E-state index contributed by atoms with van der Waals surface area (Å²) in [5.74, 6) is -0.522. The first-order valence-corrected chi connectivity index (χ1v) is 11.4. The van der Waals surface area contributed by atoms with Crippen molar-refractivity contribution in [1.29, 1.82) is 0 Å². The Morgan fingerprint density at radius 1 is 0.861 bits per heavy atom. The van der Waals surface area contributed by atoms with Crippen molar-refractivity contribution in [2.45, 2.75) is 6.04 Å². The molecule has 0 bridgehead atoms. The van der Waals surface area contributed by atoms with Crippen molar-refractivity contribution >= 4 is 29.1 Å². The number of anilines is 1. The molecular weight excluding hydrogens is 478 g/mol. The Hall–Kier alpha value is -4.69. The van der Waals surface area contributed by atoms with E-state index in [2.05, 4.69) is 20.7 Å². The van der Waals surface area contributed by atoms with Crippen LogP contribution in [0, 0.1) is 0 Å². The van der Waals surface area contributed by atoms with Crippen LogP contribution in [0.2, 0.25) is 5.02 Å². The van der Waals surface area contributed by atoms with Gasteiger partial charge in [0.15, 0.2) is 0 Å². The molecule has 1 atom stereocenters. The number of halogens is 1. The number of aromatic nitrogens is 3. The Labute approximate surface area is 211 Å². The molecule has 2 N–H and O–H groups in total. The van der Waals surface area contributed by atoms with E-state index in [1.54, 1.807) is 71.9 Å². The summed E-state index contributed by atoms with van der Waals surface area (Å²) >= 11 is 6.05. The zero-order valence-corrected chi connectivity index (χ0v) is 19.6. The van der Waals surface area contributed by atoms with Crippen molar-refractivity contribution in [1.82, 2.24) is 20.1 Å². The van der Waals surface area contributed by atoms with Gasteiger partial charge < -0.3 is 15.1 Å². The first kappa shape index (κ1) is 23.1. The van der Waals surface area contributed by atoms with Gasteiger partial charge in [-0.2, -0.15) is 5.10 Å². The van der Waals surface area contributed by atoms with Gasteiger partial charge in [0.05, 0.1) is 41.6 Å². The molecule has 0 spiro atoms. The minimum atomic E-state index is -0.370. The molecule has 8 nitrogen and oxygen atoms in total. The lowest BCUT2D eigenvalue weighted by Gasteiger charge is -2.20. The molecule has 0 aliphatic heterocycles. The highest BCUT2D eigenvalue weighted by Crippen LogP contribution is 2.24. The molecule has 0 aliphatic carbocycles. The van der Waals surface area contributed by atoms with Crippen LogP contribution in [0.1, 0.15) is 37.9 Å². The molecule has 0 saturated heterocycles. The standard InChI is InChI=1S/C27H20ClN5O3/c28-22-5-1-18(2-6-22)25(19-9-12-29-13-10-19)32-26(34)20-3-7-24(8-4-20)33-16-23(15-30-33)31-27(35)21-11-14-36-17-21/h1-17,25H,(H,31,35)(H,32,34)/t25-/m1/s1. The van der Waals surface area contributed by atoms with E-state index in [0.29, 0.717) is 21.8 Å². The number of nitrogens with one attached hydrogen (secondary N) is 2. The van der Waals surface area contributed by atoms with Gasteiger partial charge in [0.1, 0.15) is 6.26 Å². The molecule has 2 amide bonds. The second kappa shape index (κ2) is 10.3. The van der Waals surface area contributed by atoms with E-state index in [-0.39, 0.29) is 17.9 Å². The van der Waals surface area contributed by atoms with Crippen LogP contribution in [-0.4, -0.2) is 26.6 Å². The maximum absolute atomic E-state index is 13.1. The lowest BCUT2D eigenvalue weighted by molar-refractivity contribution is 0.0942. The predicted octanol–water partition coefficient (Wildman–Crippen LogP) is 5.29. The monoisotopic (exact) mass is 497 g/mol. The SMILES string of the molecule is O=C(Nc1cnn(-c2ccc(C(=O)N[C@@H](c3ccncc3)c3ccc(Cl)cc3)cc2)c1)c1ccoc1. The summed E-state index contributed by atoms with van der Waals surface area (Å²) < 4.78 is 6.55. The third-order valence-electron chi connectivity index (χ3n) is 5.54. The second-order valence-electron chi connectivity index (χ2n) is 7.93. The van der Waals surface area contributed by atoms with Gasteiger partial charge in [0, 0.05) is 23.0 Å². The molecule has 3 heterocycles. The number of pyridine rings is 1. The third-order valence-corrected chi connectivity index (χ3v) is 5.79. The number of benzene rings is 2. The number of furan rings is 1. The molecule has 5 rings (SSSR count). The number of hydrogen-bond donors (Lipinski definition) is 2. The fourth-order valence-electron chi connectivity index (χ4n) is 3.68. The Balaban J connectivity index is 1.30. The number of nitrogens with zero attached hydrogens (tertiary/aromatic N) is 3. The summed E-state index contributed by atoms with van der Waals surface area (Å²) in [6.45, 7) is 0. The molecule has 9 heteroatoms. The van der Waals surface area contributed by atoms with Crippen LogP contribution >= 0.6 is 11.6 Å². The lowest BCUT2D eigenvalue weighted by atomic mass is 9.99. The molecular formula is C27H20ClN5O3. The van der Waals surface area contributed by atoms with Gasteiger partial charge in [-0.05, 0) is 65.7 Å². The van der Waals surface area contributed by atoms with Crippen molar-refractivity contribution in [3.63, 3.8) is 0 Å². The molecule has 0 radical (unpaired) electrons. The number of carbonyl (C=O) groups excluding carboxylic acids is 2. The van der Waals surface area contributed by atoms with Gasteiger partial charge in [0.2, 0.25) is 0 Å². The number of hydrogen-bond acceptors (Lipinski definition) is 5. The minimum Gasteiger partial charge on any atom is -0.472 e. The molecule has 0 fully saturated rings. The minimum absolute atomic E-state index is 0.230. The van der Waals surface area contributed by atoms with Crippen LogP contribution in [0.5, 0.6) is 0 Å². The second-order valence-corrected chi connectivity index (χ2v) is 8.36. The van der Waals surface area contributed by atoms with Gasteiger partial charge in [-0.25, -0.2) is 4.68 Å². The molecule has 178 valence electrons. The van der Waals surface area contributed by atoms with E-state index in [1.807, 2.05) is 24.3 Å². The van der Waals surface area contributed by atoms with Crippen LogP contribution < -0.4 is 10.6 Å². The largest absolute Gasteiger partial charge is 0.472 e. The van der Waals surface area contributed by atoms with Crippen molar-refractivity contribution in [3.8, 4) is 5.69 Å². The fourth-order valence-corrected chi connectivity index (χ4v) is 3.80. The summed E-state index contributed by atoms with van der Waals surface area (Å²) in [6.07, 6.45) is 9.42. The van der Waals surface area contributed by atoms with Crippen molar-refractivity contribution in [2.75, 3.05) is 5.32 Å². The molecule has 0 unspecified atom stereocenters. The van der Waals surface area contributed by atoms with Crippen LogP contribution in [0.3, 0.4) is 0 Å². The van der Waals surface area contributed by atoms with Gasteiger partial charge in [0.25, 0.3) is 11.8 Å². The molecule has 3 aromatic heterocycles. The molecule has 5 aromatic rings. The summed E-state index contributed by atoms with van der Waals surface area (Å²) in [5, 5.41) is 10.8. The van der Waals surface area contributed by atoms with Gasteiger partial charge in [-0.3, -0.25) is 14.6 Å². The Morgan fingerprint density at radius 2 is 1.58 bits per heavy atom. The molecule has 36 heavy (non-hydrogen) atoms. The lowest BCUT2D eigenvalue weighted by Crippen LogP contribution is -2.29. The maximum Gasteiger partial charge on any atom is 0.259 e. The van der Waals surface area contributed by atoms with Gasteiger partial charge >= 0.3 is 0 Å². The van der Waals surface area contributed by atoms with Crippen molar-refractivity contribution in [2.24, 2.45) is 0 Å². The number of carbonyl (C=O) groups is 2. The number of amides is 2. The normalized spacial score (nSPS) is 11.6. The Kier molecular flexibility index (Phi) is 6.59. The highest BCUT2D eigenvalue weighted by molar-refractivity contribution is 6.30. The zero-order chi connectivity index (χ0) is 24.9. The Bertz CT molecular complexity index is 1460.